The van der Waals surface area contributed by atoms with E-state index in [0.717, 1.165) is 4.83 Å². The molecule has 1 nitrogen and oxygen atoms in total. The van der Waals surface area contributed by atoms with Gasteiger partial charge in [0.25, 0.3) is 0 Å². The molecule has 0 amide bonds. The fraction of sp³-hybridized carbons (Fsp3) is 1.00. The first-order valence-electron chi connectivity index (χ1n) is 1.82. The number of halogens is 1. The first kappa shape index (κ1) is 7.22. The van der Waals surface area contributed by atoms with Crippen LogP contribution in [0.15, 0.2) is 0 Å². The zero-order chi connectivity index (χ0) is 4.99. The molecule has 32 valence electrons. The molecular weight excluding hydrogens is 333 g/mol. The van der Waals surface area contributed by atoms with E-state index in [1.165, 1.54) is 12.8 Å². The van der Waals surface area contributed by atoms with E-state index in [1.807, 2.05) is 0 Å². The van der Waals surface area contributed by atoms with Crippen LogP contribution >= 0.6 is 15.9 Å². The third kappa shape index (κ3) is 5.22. The van der Waals surface area contributed by atoms with Crippen molar-refractivity contribution in [2.24, 2.45) is 0 Å². The summed E-state index contributed by atoms with van der Waals surface area (Å²) < 4.78 is 8.44. The molecule has 1 aliphatic rings. The fourth-order valence-electron chi connectivity index (χ4n) is 0.0630. The van der Waals surface area contributed by atoms with Gasteiger partial charge in [0.15, 0.2) is 0 Å². The van der Waals surface area contributed by atoms with Crippen molar-refractivity contribution in [3.8, 4) is 0 Å². The summed E-state index contributed by atoms with van der Waals surface area (Å²) in [6.07, 6.45) is 2.81. The van der Waals surface area contributed by atoms with E-state index in [0.29, 0.717) is 0 Å². The van der Waals surface area contributed by atoms with Crippen LogP contribution in [0.5, 0.6) is 0 Å². The van der Waals surface area contributed by atoms with Gasteiger partial charge in [-0.15, -0.1) is 0 Å². The minimum atomic E-state index is -0.222. The normalized spacial score (nSPS) is 18.5. The van der Waals surface area contributed by atoms with Gasteiger partial charge in [0.1, 0.15) is 0 Å². The Bertz CT molecular complexity index is 37.8. The topological polar surface area (TPSA) is 17.1 Å². The molecule has 0 aromatic rings. The van der Waals surface area contributed by atoms with Crippen LogP contribution in [0, 0.1) is 0 Å². The van der Waals surface area contributed by atoms with Gasteiger partial charge >= 0.3 is 28.8 Å². The van der Waals surface area contributed by atoms with Gasteiger partial charge in [-0.05, 0) is 12.8 Å². The molecule has 6 heavy (non-hydrogen) atoms. The van der Waals surface area contributed by atoms with Crippen molar-refractivity contribution in [1.82, 2.24) is 0 Å². The SMILES string of the molecule is BrC1CC1.[O]=[Hg]. The van der Waals surface area contributed by atoms with E-state index in [9.17, 15) is 0 Å². The van der Waals surface area contributed by atoms with E-state index in [2.05, 4.69) is 15.9 Å². The Morgan fingerprint density at radius 3 is 1.67 bits per heavy atom. The summed E-state index contributed by atoms with van der Waals surface area (Å²) >= 11 is 3.16. The molecule has 3 heteroatoms. The molecule has 0 aromatic heterocycles. The van der Waals surface area contributed by atoms with Crippen molar-refractivity contribution in [3.05, 3.63) is 0 Å². The Morgan fingerprint density at radius 2 is 1.67 bits per heavy atom. The molecule has 1 rings (SSSR count). The first-order valence-corrected chi connectivity index (χ1v) is 4.98. The fourth-order valence-corrected chi connectivity index (χ4v) is 0.327. The summed E-state index contributed by atoms with van der Waals surface area (Å²) in [4.78, 5) is 0.896. The van der Waals surface area contributed by atoms with Crippen LogP contribution in [-0.4, -0.2) is 4.83 Å². The van der Waals surface area contributed by atoms with Crippen molar-refractivity contribution < 1.29 is 28.8 Å². The van der Waals surface area contributed by atoms with Crippen LogP contribution < -0.4 is 0 Å². The Labute approximate surface area is 62.1 Å². The average molecular weight is 338 g/mol. The monoisotopic (exact) mass is 338 g/mol. The molecule has 0 atom stereocenters. The summed E-state index contributed by atoms with van der Waals surface area (Å²) in [5.41, 5.74) is 0. The zero-order valence-corrected chi connectivity index (χ0v) is 10.6. The summed E-state index contributed by atoms with van der Waals surface area (Å²) in [5.74, 6) is 0. The molecule has 0 spiro atoms. The summed E-state index contributed by atoms with van der Waals surface area (Å²) in [6.45, 7) is 0. The standard InChI is InChI=1S/C3H5Br.Hg.O/c4-3-1-2-3;;/h3H,1-2H2;;. The van der Waals surface area contributed by atoms with Crippen molar-refractivity contribution >= 4 is 15.9 Å². The van der Waals surface area contributed by atoms with Gasteiger partial charge in [-0.2, -0.15) is 0 Å². The van der Waals surface area contributed by atoms with Gasteiger partial charge < -0.3 is 0 Å². The van der Waals surface area contributed by atoms with Crippen LogP contribution in [-0.2, 0) is 28.8 Å². The van der Waals surface area contributed by atoms with Gasteiger partial charge in [-0.1, -0.05) is 15.9 Å². The van der Waals surface area contributed by atoms with Crippen LogP contribution in [0.3, 0.4) is 0 Å². The predicted molar refractivity (Wildman–Crippen MR) is 22.6 cm³/mol. The van der Waals surface area contributed by atoms with E-state index >= 15 is 0 Å². The molecule has 0 unspecified atom stereocenters. The molecule has 0 N–H and O–H groups in total. The molecule has 0 radical (unpaired) electrons. The number of hydrogen-bond acceptors (Lipinski definition) is 1. The molecule has 0 aromatic carbocycles. The minimum absolute atomic E-state index is 0.222. The van der Waals surface area contributed by atoms with Crippen molar-refractivity contribution in [3.63, 3.8) is 0 Å². The Balaban J connectivity index is 0.000000112. The first-order chi connectivity index (χ1) is 2.89. The van der Waals surface area contributed by atoms with Crippen LogP contribution in [0.25, 0.3) is 0 Å². The summed E-state index contributed by atoms with van der Waals surface area (Å²) in [7, 11) is 0. The van der Waals surface area contributed by atoms with Crippen LogP contribution in [0.4, 0.5) is 0 Å². The van der Waals surface area contributed by atoms with Gasteiger partial charge in [0, 0.05) is 4.83 Å². The molecule has 1 saturated carbocycles. The van der Waals surface area contributed by atoms with E-state index in [4.69, 9.17) is 2.64 Å². The third-order valence-electron chi connectivity index (χ3n) is 0.507. The van der Waals surface area contributed by atoms with Gasteiger partial charge in [0.2, 0.25) is 0 Å². The van der Waals surface area contributed by atoms with Crippen LogP contribution in [0.1, 0.15) is 12.8 Å². The number of rotatable bonds is 0. The maximum absolute atomic E-state index is 8.44. The predicted octanol–water partition coefficient (Wildman–Crippen LogP) is 1.42. The molecule has 0 bridgehead atoms. The number of alkyl halides is 1. The van der Waals surface area contributed by atoms with E-state index in [-0.39, 0.29) is 26.1 Å². The third-order valence-corrected chi connectivity index (χ3v) is 1.42. The summed E-state index contributed by atoms with van der Waals surface area (Å²) in [6, 6.07) is 0. The maximum atomic E-state index is 8.44. The summed E-state index contributed by atoms with van der Waals surface area (Å²) in [5, 5.41) is 0. The van der Waals surface area contributed by atoms with Gasteiger partial charge in [0.05, 0.1) is 0 Å². The van der Waals surface area contributed by atoms with Gasteiger partial charge in [-0.25, -0.2) is 0 Å². The molecule has 0 heterocycles. The molecule has 0 saturated heterocycles. The Morgan fingerprint density at radius 1 is 1.50 bits per heavy atom. The second-order valence-corrected chi connectivity index (χ2v) is 2.47. The van der Waals surface area contributed by atoms with Crippen molar-refractivity contribution in [2.45, 2.75) is 17.7 Å². The van der Waals surface area contributed by atoms with Crippen LogP contribution in [0.2, 0.25) is 0 Å². The van der Waals surface area contributed by atoms with Crippen molar-refractivity contribution in [2.75, 3.05) is 0 Å². The molecule has 1 fully saturated rings. The second-order valence-electron chi connectivity index (χ2n) is 1.17. The quantitative estimate of drug-likeness (QED) is 0.483. The zero-order valence-electron chi connectivity index (χ0n) is 3.48. The number of hydrogen-bond donors (Lipinski definition) is 0. The Kier molecular flexibility index (Phi) is 5.26. The molecular formula is C3H5BrHgO. The Hall–Kier alpha value is 1.22. The second kappa shape index (κ2) is 4.38. The van der Waals surface area contributed by atoms with E-state index < -0.39 is 0 Å². The van der Waals surface area contributed by atoms with Gasteiger partial charge in [-0.3, -0.25) is 0 Å². The van der Waals surface area contributed by atoms with E-state index in [1.54, 1.807) is 0 Å². The molecule has 1 aliphatic carbocycles. The molecule has 0 aliphatic heterocycles. The average Bonchev–Trinajstić information content (AvgIpc) is 2.30. The van der Waals surface area contributed by atoms with Crippen molar-refractivity contribution in [1.29, 1.82) is 0 Å².